The molecule has 0 aliphatic heterocycles. The standard InChI is InChI=1S/C14H11ClF3OPS2/c15-20(19,21)13-4-2-1-3-12(13)10-5-7-11(8-6-10)22-9-14(16,17)18/h1-8H,9H2,(H,19,21). The third-order valence-electron chi connectivity index (χ3n) is 2.77. The average molecular weight is 383 g/mol. The molecule has 0 saturated heterocycles. The summed E-state index contributed by atoms with van der Waals surface area (Å²) in [4.78, 5) is 10.4. The highest BCUT2D eigenvalue weighted by molar-refractivity contribution is 8.27. The maximum absolute atomic E-state index is 12.2. The Balaban J connectivity index is 2.27. The van der Waals surface area contributed by atoms with E-state index in [1.807, 2.05) is 0 Å². The van der Waals surface area contributed by atoms with E-state index in [4.69, 9.17) is 23.0 Å². The molecule has 2 aromatic rings. The smallest absolute Gasteiger partial charge is 0.350 e. The first kappa shape index (κ1) is 17.8. The molecule has 1 N–H and O–H groups in total. The predicted molar refractivity (Wildman–Crippen MR) is 90.6 cm³/mol. The Kier molecular flexibility index (Phi) is 5.62. The second kappa shape index (κ2) is 6.93. The maximum atomic E-state index is 12.2. The minimum atomic E-state index is -4.20. The van der Waals surface area contributed by atoms with Crippen molar-refractivity contribution in [2.45, 2.75) is 11.1 Å². The van der Waals surface area contributed by atoms with Gasteiger partial charge in [-0.3, -0.25) is 0 Å². The van der Waals surface area contributed by atoms with Crippen LogP contribution in [-0.2, 0) is 11.8 Å². The summed E-state index contributed by atoms with van der Waals surface area (Å²) in [5.74, 6) is -0.929. The molecule has 0 amide bonds. The molecule has 0 radical (unpaired) electrons. The Labute approximate surface area is 140 Å². The molecule has 0 heterocycles. The molecule has 22 heavy (non-hydrogen) atoms. The molecule has 8 heteroatoms. The summed E-state index contributed by atoms with van der Waals surface area (Å²) < 4.78 is 36.6. The van der Waals surface area contributed by atoms with Crippen molar-refractivity contribution in [3.8, 4) is 11.1 Å². The zero-order valence-corrected chi connectivity index (χ0v) is 14.3. The molecule has 0 aromatic heterocycles. The van der Waals surface area contributed by atoms with Crippen molar-refractivity contribution in [1.82, 2.24) is 0 Å². The Hall–Kier alpha value is -0.520. The summed E-state index contributed by atoms with van der Waals surface area (Å²) in [6, 6.07) is 13.6. The van der Waals surface area contributed by atoms with E-state index < -0.39 is 17.5 Å². The van der Waals surface area contributed by atoms with Gasteiger partial charge in [0, 0.05) is 10.2 Å². The number of hydrogen-bond donors (Lipinski definition) is 1. The van der Waals surface area contributed by atoms with Crippen LogP contribution in [0.25, 0.3) is 11.1 Å². The molecule has 2 aromatic carbocycles. The van der Waals surface area contributed by atoms with Crippen molar-refractivity contribution in [1.29, 1.82) is 0 Å². The fourth-order valence-corrected chi connectivity index (χ4v) is 4.20. The van der Waals surface area contributed by atoms with Crippen LogP contribution in [0.3, 0.4) is 0 Å². The zero-order valence-electron chi connectivity index (χ0n) is 11.0. The SMILES string of the molecule is OP(=S)(Cl)c1ccccc1-c1ccc(SCC(F)(F)F)cc1. The Bertz CT molecular complexity index is 698. The van der Waals surface area contributed by atoms with Crippen LogP contribution in [0.15, 0.2) is 53.4 Å². The molecule has 1 atom stereocenters. The van der Waals surface area contributed by atoms with Gasteiger partial charge in [0.1, 0.15) is 0 Å². The van der Waals surface area contributed by atoms with Crippen molar-refractivity contribution in [2.75, 3.05) is 5.75 Å². The molecule has 0 bridgehead atoms. The summed E-state index contributed by atoms with van der Waals surface area (Å²) in [5.41, 5.74) is -1.68. The quantitative estimate of drug-likeness (QED) is 0.581. The molecule has 0 saturated carbocycles. The van der Waals surface area contributed by atoms with Gasteiger partial charge in [0.05, 0.1) is 5.75 Å². The van der Waals surface area contributed by atoms with E-state index in [2.05, 4.69) is 0 Å². The highest BCUT2D eigenvalue weighted by Gasteiger charge is 2.27. The molecule has 0 aliphatic rings. The third-order valence-corrected chi connectivity index (χ3v) is 5.97. The lowest BCUT2D eigenvalue weighted by Gasteiger charge is -2.13. The van der Waals surface area contributed by atoms with Crippen LogP contribution >= 0.6 is 28.6 Å². The molecule has 1 unspecified atom stereocenters. The number of thioether (sulfide) groups is 1. The Morgan fingerprint density at radius 1 is 1.09 bits per heavy atom. The van der Waals surface area contributed by atoms with Crippen molar-refractivity contribution >= 4 is 45.7 Å². The first-order valence-corrected chi connectivity index (χ1v) is 10.7. The van der Waals surface area contributed by atoms with Gasteiger partial charge in [0.15, 0.2) is 5.62 Å². The summed E-state index contributed by atoms with van der Waals surface area (Å²) in [6.45, 7) is 0. The van der Waals surface area contributed by atoms with Crippen LogP contribution in [0.5, 0.6) is 0 Å². The van der Waals surface area contributed by atoms with E-state index in [0.29, 0.717) is 15.8 Å². The second-order valence-corrected chi connectivity index (χ2v) is 10.6. The van der Waals surface area contributed by atoms with Crippen molar-refractivity contribution in [3.63, 3.8) is 0 Å². The van der Waals surface area contributed by atoms with Crippen LogP contribution in [0, 0.1) is 0 Å². The molecule has 2 rings (SSSR count). The highest BCUT2D eigenvalue weighted by Crippen LogP contribution is 2.47. The fraction of sp³-hybridized carbons (Fsp3) is 0.143. The van der Waals surface area contributed by atoms with E-state index >= 15 is 0 Å². The Morgan fingerprint density at radius 3 is 2.23 bits per heavy atom. The molecule has 0 fully saturated rings. The van der Waals surface area contributed by atoms with Crippen molar-refractivity contribution < 1.29 is 18.1 Å². The minimum absolute atomic E-state index is 0.474. The first-order chi connectivity index (χ1) is 10.2. The third kappa shape index (κ3) is 5.00. The highest BCUT2D eigenvalue weighted by atomic mass is 35.7. The summed E-state index contributed by atoms with van der Waals surface area (Å²) in [5, 5.41) is 0.474. The summed E-state index contributed by atoms with van der Waals surface area (Å²) in [6.07, 6.45) is -4.20. The van der Waals surface area contributed by atoms with Gasteiger partial charge in [-0.15, -0.1) is 11.8 Å². The molecule has 118 valence electrons. The number of rotatable bonds is 4. The normalized spacial score (nSPS) is 14.6. The second-order valence-electron chi connectivity index (χ2n) is 4.45. The number of alkyl halides is 3. The van der Waals surface area contributed by atoms with Crippen LogP contribution < -0.4 is 5.30 Å². The minimum Gasteiger partial charge on any atom is -0.350 e. The van der Waals surface area contributed by atoms with E-state index in [1.54, 1.807) is 48.5 Å². The first-order valence-electron chi connectivity index (χ1n) is 6.09. The van der Waals surface area contributed by atoms with Gasteiger partial charge in [0.25, 0.3) is 0 Å². The monoisotopic (exact) mass is 382 g/mol. The summed E-state index contributed by atoms with van der Waals surface area (Å²) in [7, 11) is 0. The van der Waals surface area contributed by atoms with Gasteiger partial charge in [-0.25, -0.2) is 0 Å². The van der Waals surface area contributed by atoms with E-state index in [1.165, 1.54) is 0 Å². The van der Waals surface area contributed by atoms with Gasteiger partial charge >= 0.3 is 6.18 Å². The van der Waals surface area contributed by atoms with Gasteiger partial charge < -0.3 is 4.89 Å². The largest absolute Gasteiger partial charge is 0.398 e. The number of hydrogen-bond acceptors (Lipinski definition) is 2. The van der Waals surface area contributed by atoms with Gasteiger partial charge in [-0.1, -0.05) is 41.6 Å². The van der Waals surface area contributed by atoms with Gasteiger partial charge in [0.2, 0.25) is 0 Å². The predicted octanol–water partition coefficient (Wildman–Crippen LogP) is 5.17. The van der Waals surface area contributed by atoms with Crippen LogP contribution in [0.2, 0.25) is 0 Å². The fourth-order valence-electron chi connectivity index (χ4n) is 1.85. The van der Waals surface area contributed by atoms with Crippen LogP contribution in [0.1, 0.15) is 0 Å². The zero-order chi connectivity index (χ0) is 16.4. The number of halogens is 4. The molecular weight excluding hydrogens is 372 g/mol. The van der Waals surface area contributed by atoms with Crippen molar-refractivity contribution in [3.05, 3.63) is 48.5 Å². The van der Waals surface area contributed by atoms with Crippen LogP contribution in [-0.4, -0.2) is 16.8 Å². The molecule has 1 nitrogen and oxygen atoms in total. The average Bonchev–Trinajstić information content (AvgIpc) is 2.44. The van der Waals surface area contributed by atoms with E-state index in [-0.39, 0.29) is 0 Å². The lowest BCUT2D eigenvalue weighted by Crippen LogP contribution is -2.10. The van der Waals surface area contributed by atoms with Crippen molar-refractivity contribution in [2.24, 2.45) is 0 Å². The maximum Gasteiger partial charge on any atom is 0.398 e. The van der Waals surface area contributed by atoms with E-state index in [0.717, 1.165) is 17.3 Å². The number of benzene rings is 2. The topological polar surface area (TPSA) is 20.2 Å². The molecule has 0 spiro atoms. The van der Waals surface area contributed by atoms with E-state index in [9.17, 15) is 18.1 Å². The lowest BCUT2D eigenvalue weighted by molar-refractivity contribution is -0.105. The van der Waals surface area contributed by atoms with Gasteiger partial charge in [-0.2, -0.15) is 13.2 Å². The molecular formula is C14H11ClF3OPS2. The van der Waals surface area contributed by atoms with Crippen LogP contribution in [0.4, 0.5) is 13.2 Å². The lowest BCUT2D eigenvalue weighted by atomic mass is 10.1. The molecule has 0 aliphatic carbocycles. The summed E-state index contributed by atoms with van der Waals surface area (Å²) >= 11 is 11.6. The van der Waals surface area contributed by atoms with Gasteiger partial charge in [-0.05, 0) is 41.1 Å². The Morgan fingerprint density at radius 2 is 1.68 bits per heavy atom.